The fourth-order valence-corrected chi connectivity index (χ4v) is 1.44. The molecule has 2 aromatic rings. The van der Waals surface area contributed by atoms with Crippen molar-refractivity contribution in [3.8, 4) is 0 Å². The van der Waals surface area contributed by atoms with Crippen molar-refractivity contribution < 1.29 is 0 Å². The summed E-state index contributed by atoms with van der Waals surface area (Å²) >= 11 is 1.37. The fraction of sp³-hybridized carbons (Fsp3) is 0. The standard InChI is InChI=1S/C8H7N5S/c9-6-3-11-8(12-4-6)14-7-1-2-10-5-13-7/h1-5H,9H2. The third kappa shape index (κ3) is 2.17. The Morgan fingerprint density at radius 3 is 2.57 bits per heavy atom. The molecule has 0 spiro atoms. The van der Waals surface area contributed by atoms with Crippen molar-refractivity contribution in [1.82, 2.24) is 19.9 Å². The third-order valence-electron chi connectivity index (χ3n) is 1.40. The molecule has 0 fully saturated rings. The van der Waals surface area contributed by atoms with Gasteiger partial charge in [-0.2, -0.15) is 0 Å². The van der Waals surface area contributed by atoms with Crippen LogP contribution in [0.25, 0.3) is 0 Å². The average molecular weight is 205 g/mol. The van der Waals surface area contributed by atoms with Gasteiger partial charge in [0, 0.05) is 6.20 Å². The van der Waals surface area contributed by atoms with Crippen molar-refractivity contribution in [2.24, 2.45) is 0 Å². The zero-order chi connectivity index (χ0) is 9.80. The number of aromatic nitrogens is 4. The Bertz CT molecular complexity index is 402. The van der Waals surface area contributed by atoms with E-state index in [1.165, 1.54) is 18.1 Å². The van der Waals surface area contributed by atoms with Gasteiger partial charge in [0.15, 0.2) is 5.16 Å². The van der Waals surface area contributed by atoms with Crippen molar-refractivity contribution in [1.29, 1.82) is 0 Å². The molecule has 5 nitrogen and oxygen atoms in total. The lowest BCUT2D eigenvalue weighted by atomic mass is 10.6. The Kier molecular flexibility index (Phi) is 2.55. The summed E-state index contributed by atoms with van der Waals surface area (Å²) in [4.78, 5) is 15.9. The van der Waals surface area contributed by atoms with Crippen LogP contribution >= 0.6 is 11.8 Å². The van der Waals surface area contributed by atoms with Crippen molar-refractivity contribution in [2.45, 2.75) is 10.2 Å². The molecule has 0 atom stereocenters. The second kappa shape index (κ2) is 4.01. The van der Waals surface area contributed by atoms with Crippen molar-refractivity contribution in [3.05, 3.63) is 31.0 Å². The van der Waals surface area contributed by atoms with E-state index in [2.05, 4.69) is 19.9 Å². The van der Waals surface area contributed by atoms with Crippen LogP contribution in [0.5, 0.6) is 0 Å². The van der Waals surface area contributed by atoms with Crippen molar-refractivity contribution in [2.75, 3.05) is 5.73 Å². The number of hydrogen-bond acceptors (Lipinski definition) is 6. The summed E-state index contributed by atoms with van der Waals surface area (Å²) < 4.78 is 0. The van der Waals surface area contributed by atoms with Gasteiger partial charge in [-0.1, -0.05) is 0 Å². The van der Waals surface area contributed by atoms with Gasteiger partial charge in [0.25, 0.3) is 0 Å². The highest BCUT2D eigenvalue weighted by Crippen LogP contribution is 2.20. The quantitative estimate of drug-likeness (QED) is 0.582. The Hall–Kier alpha value is -1.69. The summed E-state index contributed by atoms with van der Waals surface area (Å²) in [6.07, 6.45) is 6.29. The van der Waals surface area contributed by atoms with Crippen LogP contribution in [0.1, 0.15) is 0 Å². The topological polar surface area (TPSA) is 77.6 Å². The molecule has 0 bridgehead atoms. The lowest BCUT2D eigenvalue weighted by molar-refractivity contribution is 0.959. The SMILES string of the molecule is Nc1cnc(Sc2ccncn2)nc1. The third-order valence-corrected chi connectivity index (χ3v) is 2.24. The first kappa shape index (κ1) is 8.89. The van der Waals surface area contributed by atoms with Crippen LogP contribution in [0.3, 0.4) is 0 Å². The van der Waals surface area contributed by atoms with Crippen LogP contribution in [0.2, 0.25) is 0 Å². The van der Waals surface area contributed by atoms with E-state index < -0.39 is 0 Å². The van der Waals surface area contributed by atoms with Crippen molar-refractivity contribution in [3.63, 3.8) is 0 Å². The lowest BCUT2D eigenvalue weighted by Crippen LogP contribution is -1.91. The molecule has 2 rings (SSSR count). The number of nitrogens with two attached hydrogens (primary N) is 1. The maximum absolute atomic E-state index is 5.46. The molecule has 2 aromatic heterocycles. The first-order valence-corrected chi connectivity index (χ1v) is 4.67. The molecule has 0 unspecified atom stereocenters. The Morgan fingerprint density at radius 2 is 1.93 bits per heavy atom. The van der Waals surface area contributed by atoms with Gasteiger partial charge in [-0.25, -0.2) is 19.9 Å². The Labute approximate surface area is 84.8 Å². The van der Waals surface area contributed by atoms with E-state index in [4.69, 9.17) is 5.73 Å². The van der Waals surface area contributed by atoms with Crippen LogP contribution in [0.4, 0.5) is 5.69 Å². The molecule has 70 valence electrons. The van der Waals surface area contributed by atoms with Gasteiger partial charge in [-0.3, -0.25) is 0 Å². The van der Waals surface area contributed by atoms with Crippen LogP contribution < -0.4 is 5.73 Å². The summed E-state index contributed by atoms with van der Waals surface area (Å²) in [6.45, 7) is 0. The van der Waals surface area contributed by atoms with Crippen LogP contribution in [0, 0.1) is 0 Å². The van der Waals surface area contributed by atoms with Gasteiger partial charge < -0.3 is 5.73 Å². The number of rotatable bonds is 2. The first-order chi connectivity index (χ1) is 6.84. The van der Waals surface area contributed by atoms with E-state index in [-0.39, 0.29) is 0 Å². The molecular formula is C8H7N5S. The molecule has 0 amide bonds. The fourth-order valence-electron chi connectivity index (χ4n) is 0.811. The van der Waals surface area contributed by atoms with Crippen LogP contribution in [0.15, 0.2) is 41.2 Å². The molecule has 14 heavy (non-hydrogen) atoms. The smallest absolute Gasteiger partial charge is 0.193 e. The minimum atomic E-state index is 0.553. The van der Waals surface area contributed by atoms with E-state index >= 15 is 0 Å². The van der Waals surface area contributed by atoms with Gasteiger partial charge in [-0.15, -0.1) is 0 Å². The normalized spacial score (nSPS) is 10.0. The average Bonchev–Trinajstić information content (AvgIpc) is 2.23. The van der Waals surface area contributed by atoms with E-state index in [1.807, 2.05) is 0 Å². The first-order valence-electron chi connectivity index (χ1n) is 3.86. The molecule has 0 aliphatic rings. The second-order valence-electron chi connectivity index (χ2n) is 2.45. The number of anilines is 1. The van der Waals surface area contributed by atoms with E-state index in [9.17, 15) is 0 Å². The summed E-state index contributed by atoms with van der Waals surface area (Å²) in [7, 11) is 0. The highest BCUT2D eigenvalue weighted by molar-refractivity contribution is 7.99. The van der Waals surface area contributed by atoms with E-state index in [1.54, 1.807) is 24.7 Å². The zero-order valence-corrected chi connectivity index (χ0v) is 7.98. The number of hydrogen-bond donors (Lipinski definition) is 1. The van der Waals surface area contributed by atoms with Gasteiger partial charge in [0.2, 0.25) is 0 Å². The highest BCUT2D eigenvalue weighted by Gasteiger charge is 1.99. The van der Waals surface area contributed by atoms with Crippen LogP contribution in [-0.4, -0.2) is 19.9 Å². The molecule has 0 saturated heterocycles. The summed E-state index contributed by atoms with van der Waals surface area (Å²) in [5, 5.41) is 1.43. The van der Waals surface area contributed by atoms with Gasteiger partial charge >= 0.3 is 0 Å². The molecule has 2 N–H and O–H groups in total. The lowest BCUT2D eigenvalue weighted by Gasteiger charge is -1.97. The molecule has 0 aliphatic carbocycles. The highest BCUT2D eigenvalue weighted by atomic mass is 32.2. The number of nitrogen functional groups attached to an aromatic ring is 1. The second-order valence-corrected chi connectivity index (χ2v) is 3.44. The molecule has 0 aromatic carbocycles. The monoisotopic (exact) mass is 205 g/mol. The molecule has 0 aliphatic heterocycles. The minimum absolute atomic E-state index is 0.553. The molecule has 6 heteroatoms. The minimum Gasteiger partial charge on any atom is -0.396 e. The predicted molar refractivity (Wildman–Crippen MR) is 52.6 cm³/mol. The maximum atomic E-state index is 5.46. The molecule has 2 heterocycles. The van der Waals surface area contributed by atoms with Gasteiger partial charge in [0.05, 0.1) is 18.1 Å². The number of nitrogens with zero attached hydrogens (tertiary/aromatic N) is 4. The Balaban J connectivity index is 2.16. The summed E-state index contributed by atoms with van der Waals surface area (Å²) in [5.74, 6) is 0. The van der Waals surface area contributed by atoms with Gasteiger partial charge in [-0.05, 0) is 17.8 Å². The maximum Gasteiger partial charge on any atom is 0.193 e. The molecule has 0 radical (unpaired) electrons. The predicted octanol–water partition coefficient (Wildman–Crippen LogP) is 1.00. The van der Waals surface area contributed by atoms with E-state index in [0.717, 1.165) is 5.03 Å². The molecular weight excluding hydrogens is 198 g/mol. The van der Waals surface area contributed by atoms with Gasteiger partial charge in [0.1, 0.15) is 11.4 Å². The zero-order valence-electron chi connectivity index (χ0n) is 7.16. The van der Waals surface area contributed by atoms with Crippen LogP contribution in [-0.2, 0) is 0 Å². The summed E-state index contributed by atoms with van der Waals surface area (Å²) in [6, 6.07) is 1.80. The summed E-state index contributed by atoms with van der Waals surface area (Å²) in [5.41, 5.74) is 6.01. The van der Waals surface area contributed by atoms with E-state index in [0.29, 0.717) is 10.8 Å². The molecule has 0 saturated carbocycles. The van der Waals surface area contributed by atoms with Crippen molar-refractivity contribution >= 4 is 17.4 Å². The Morgan fingerprint density at radius 1 is 1.14 bits per heavy atom. The largest absolute Gasteiger partial charge is 0.396 e.